The van der Waals surface area contributed by atoms with Gasteiger partial charge in [-0.05, 0) is 12.8 Å². The molecular formula is C9H16N4O. The van der Waals surface area contributed by atoms with Gasteiger partial charge in [0.05, 0.1) is 18.3 Å². The number of aromatic nitrogens is 3. The molecule has 0 aliphatic heterocycles. The molecule has 0 spiro atoms. The third-order valence-electron chi connectivity index (χ3n) is 2.79. The first-order chi connectivity index (χ1) is 6.81. The van der Waals surface area contributed by atoms with Gasteiger partial charge >= 0.3 is 0 Å². The maximum atomic E-state index is 5.54. The summed E-state index contributed by atoms with van der Waals surface area (Å²) in [6, 6.07) is 0.256. The van der Waals surface area contributed by atoms with E-state index in [0.717, 1.165) is 12.8 Å². The molecule has 5 nitrogen and oxygen atoms in total. The number of ether oxygens (including phenoxy) is 1. The predicted molar refractivity (Wildman–Crippen MR) is 52.7 cm³/mol. The Morgan fingerprint density at radius 1 is 1.50 bits per heavy atom. The molecule has 0 aromatic carbocycles. The Balaban J connectivity index is 2.14. The van der Waals surface area contributed by atoms with Crippen LogP contribution in [0.1, 0.15) is 31.7 Å². The van der Waals surface area contributed by atoms with Gasteiger partial charge in [-0.25, -0.2) is 0 Å². The van der Waals surface area contributed by atoms with Gasteiger partial charge < -0.3 is 10.5 Å². The van der Waals surface area contributed by atoms with Crippen LogP contribution in [0.4, 0.5) is 5.82 Å². The van der Waals surface area contributed by atoms with Crippen molar-refractivity contribution in [2.45, 2.75) is 37.8 Å². The number of anilines is 1. The van der Waals surface area contributed by atoms with Crippen molar-refractivity contribution in [1.82, 2.24) is 15.0 Å². The topological polar surface area (TPSA) is 66.0 Å². The lowest BCUT2D eigenvalue weighted by Crippen LogP contribution is -2.30. The van der Waals surface area contributed by atoms with Crippen LogP contribution in [0.5, 0.6) is 0 Å². The Morgan fingerprint density at radius 3 is 2.93 bits per heavy atom. The summed E-state index contributed by atoms with van der Waals surface area (Å²) in [5.74, 6) is 0.477. The number of nitrogens with two attached hydrogens (primary N) is 1. The van der Waals surface area contributed by atoms with Gasteiger partial charge in [-0.1, -0.05) is 12.8 Å². The fourth-order valence-electron chi connectivity index (χ4n) is 2.06. The zero-order valence-electron chi connectivity index (χ0n) is 8.39. The molecule has 2 unspecified atom stereocenters. The van der Waals surface area contributed by atoms with Crippen LogP contribution < -0.4 is 5.73 Å². The summed E-state index contributed by atoms with van der Waals surface area (Å²) >= 11 is 0. The lowest BCUT2D eigenvalue weighted by atomic mass is 9.93. The molecule has 78 valence electrons. The van der Waals surface area contributed by atoms with E-state index in [1.165, 1.54) is 12.8 Å². The van der Waals surface area contributed by atoms with Crippen molar-refractivity contribution in [1.29, 1.82) is 0 Å². The normalized spacial score (nSPS) is 27.8. The first kappa shape index (κ1) is 9.45. The third-order valence-corrected chi connectivity index (χ3v) is 2.79. The van der Waals surface area contributed by atoms with Crippen LogP contribution in [-0.2, 0) is 4.74 Å². The van der Waals surface area contributed by atoms with E-state index in [-0.39, 0.29) is 12.1 Å². The molecule has 0 saturated heterocycles. The number of methoxy groups -OCH3 is 1. The second-order valence-electron chi connectivity index (χ2n) is 3.72. The van der Waals surface area contributed by atoms with Crippen LogP contribution in [0.2, 0.25) is 0 Å². The summed E-state index contributed by atoms with van der Waals surface area (Å²) in [4.78, 5) is 1.70. The quantitative estimate of drug-likeness (QED) is 0.766. The first-order valence-electron chi connectivity index (χ1n) is 5.01. The van der Waals surface area contributed by atoms with E-state index in [9.17, 15) is 0 Å². The minimum atomic E-state index is 0.232. The van der Waals surface area contributed by atoms with Crippen LogP contribution in [0.3, 0.4) is 0 Å². The van der Waals surface area contributed by atoms with E-state index in [4.69, 9.17) is 10.5 Å². The molecule has 0 radical (unpaired) electrons. The summed E-state index contributed by atoms with van der Waals surface area (Å²) in [5.41, 5.74) is 5.54. The Bertz CT molecular complexity index is 299. The highest BCUT2D eigenvalue weighted by Crippen LogP contribution is 2.29. The van der Waals surface area contributed by atoms with E-state index in [1.54, 1.807) is 18.1 Å². The van der Waals surface area contributed by atoms with Crippen molar-refractivity contribution in [3.05, 3.63) is 6.20 Å². The Kier molecular flexibility index (Phi) is 2.67. The van der Waals surface area contributed by atoms with E-state index < -0.39 is 0 Å². The van der Waals surface area contributed by atoms with E-state index >= 15 is 0 Å². The van der Waals surface area contributed by atoms with Crippen LogP contribution in [0, 0.1) is 0 Å². The number of rotatable bonds is 2. The highest BCUT2D eigenvalue weighted by Gasteiger charge is 2.27. The average molecular weight is 196 g/mol. The second kappa shape index (κ2) is 3.96. The zero-order chi connectivity index (χ0) is 9.97. The summed E-state index contributed by atoms with van der Waals surface area (Å²) in [5, 5.41) is 8.27. The van der Waals surface area contributed by atoms with Gasteiger partial charge in [0, 0.05) is 7.11 Å². The number of hydrogen-bond donors (Lipinski definition) is 1. The van der Waals surface area contributed by atoms with Gasteiger partial charge in [0.25, 0.3) is 0 Å². The van der Waals surface area contributed by atoms with Crippen LogP contribution >= 0.6 is 0 Å². The highest BCUT2D eigenvalue weighted by atomic mass is 16.5. The van der Waals surface area contributed by atoms with Gasteiger partial charge in [0.15, 0.2) is 5.82 Å². The molecule has 1 fully saturated rings. The third kappa shape index (κ3) is 1.72. The van der Waals surface area contributed by atoms with E-state index in [2.05, 4.69) is 10.2 Å². The minimum absolute atomic E-state index is 0.232. The van der Waals surface area contributed by atoms with Crippen molar-refractivity contribution < 1.29 is 4.74 Å². The molecule has 2 atom stereocenters. The van der Waals surface area contributed by atoms with Gasteiger partial charge in [-0.15, -0.1) is 5.10 Å². The van der Waals surface area contributed by atoms with Gasteiger partial charge in [0.1, 0.15) is 0 Å². The molecule has 0 bridgehead atoms. The summed E-state index contributed by atoms with van der Waals surface area (Å²) in [6.07, 6.45) is 6.42. The molecule has 5 heteroatoms. The predicted octanol–water partition coefficient (Wildman–Crippen LogP) is 0.990. The molecule has 1 aliphatic rings. The maximum Gasteiger partial charge on any atom is 0.165 e. The molecule has 0 amide bonds. The number of nitrogens with zero attached hydrogens (tertiary/aromatic N) is 3. The van der Waals surface area contributed by atoms with E-state index in [1.807, 2.05) is 0 Å². The maximum absolute atomic E-state index is 5.54. The molecular weight excluding hydrogens is 180 g/mol. The standard InChI is InChI=1S/C9H16N4O/c1-14-8-5-3-2-4-7(8)13-11-6-9(10)12-13/h6-8H,2-5H2,1H3,(H2,10,12). The van der Waals surface area contributed by atoms with Crippen LogP contribution in [0.25, 0.3) is 0 Å². The monoisotopic (exact) mass is 196 g/mol. The number of nitrogen functional groups attached to an aromatic ring is 1. The summed E-state index contributed by atoms with van der Waals surface area (Å²) in [6.45, 7) is 0. The lowest BCUT2D eigenvalue weighted by Gasteiger charge is -2.29. The van der Waals surface area contributed by atoms with Crippen molar-refractivity contribution in [3.8, 4) is 0 Å². The molecule has 1 saturated carbocycles. The van der Waals surface area contributed by atoms with Crippen molar-refractivity contribution >= 4 is 5.82 Å². The minimum Gasteiger partial charge on any atom is -0.381 e. The molecule has 1 aliphatic carbocycles. The lowest BCUT2D eigenvalue weighted by molar-refractivity contribution is 0.0194. The average Bonchev–Trinajstić information content (AvgIpc) is 2.65. The molecule has 1 heterocycles. The molecule has 2 rings (SSSR count). The summed E-state index contributed by atoms with van der Waals surface area (Å²) in [7, 11) is 1.75. The van der Waals surface area contributed by atoms with Crippen LogP contribution in [-0.4, -0.2) is 28.2 Å². The van der Waals surface area contributed by atoms with E-state index in [0.29, 0.717) is 5.82 Å². The second-order valence-corrected chi connectivity index (χ2v) is 3.72. The van der Waals surface area contributed by atoms with Crippen molar-refractivity contribution in [2.75, 3.05) is 12.8 Å². The molecule has 14 heavy (non-hydrogen) atoms. The van der Waals surface area contributed by atoms with Crippen LogP contribution in [0.15, 0.2) is 6.20 Å². The van der Waals surface area contributed by atoms with Gasteiger partial charge in [0.2, 0.25) is 0 Å². The summed E-state index contributed by atoms with van der Waals surface area (Å²) < 4.78 is 5.43. The molecule has 1 aromatic rings. The number of hydrogen-bond acceptors (Lipinski definition) is 4. The molecule has 2 N–H and O–H groups in total. The Labute approximate surface area is 83.2 Å². The first-order valence-corrected chi connectivity index (χ1v) is 5.01. The largest absolute Gasteiger partial charge is 0.381 e. The fourth-order valence-corrected chi connectivity index (χ4v) is 2.06. The van der Waals surface area contributed by atoms with Gasteiger partial charge in [-0.3, -0.25) is 0 Å². The van der Waals surface area contributed by atoms with Crippen molar-refractivity contribution in [2.24, 2.45) is 0 Å². The SMILES string of the molecule is COC1CCCCC1n1ncc(N)n1. The Hall–Kier alpha value is -1.10. The Morgan fingerprint density at radius 2 is 2.29 bits per heavy atom. The zero-order valence-corrected chi connectivity index (χ0v) is 8.39. The fraction of sp³-hybridized carbons (Fsp3) is 0.778. The smallest absolute Gasteiger partial charge is 0.165 e. The molecule has 1 aromatic heterocycles. The highest BCUT2D eigenvalue weighted by molar-refractivity contribution is 5.19. The van der Waals surface area contributed by atoms with Crippen molar-refractivity contribution in [3.63, 3.8) is 0 Å². The van der Waals surface area contributed by atoms with Gasteiger partial charge in [-0.2, -0.15) is 9.90 Å².